The van der Waals surface area contributed by atoms with Crippen molar-refractivity contribution in [2.45, 2.75) is 6.54 Å². The van der Waals surface area contributed by atoms with Gasteiger partial charge < -0.3 is 4.74 Å². The molecule has 0 bridgehead atoms. The van der Waals surface area contributed by atoms with E-state index in [2.05, 4.69) is 36.4 Å². The van der Waals surface area contributed by atoms with E-state index in [1.165, 1.54) is 23.7 Å². The van der Waals surface area contributed by atoms with E-state index in [0.29, 0.717) is 11.3 Å². The van der Waals surface area contributed by atoms with Crippen LogP contribution in [0.25, 0.3) is 11.2 Å². The van der Waals surface area contributed by atoms with Crippen LogP contribution in [0.2, 0.25) is 0 Å². The van der Waals surface area contributed by atoms with E-state index in [-0.39, 0.29) is 29.5 Å². The highest BCUT2D eigenvalue weighted by molar-refractivity contribution is 9.10. The number of aromatic amines is 1. The quantitative estimate of drug-likeness (QED) is 0.312. The van der Waals surface area contributed by atoms with Gasteiger partial charge in [-0.1, -0.05) is 28.1 Å². The summed E-state index contributed by atoms with van der Waals surface area (Å²) in [5, 5.41) is 4.24. The maximum Gasteiger partial charge on any atom is 0.329 e. The van der Waals surface area contributed by atoms with Gasteiger partial charge in [0.15, 0.2) is 11.2 Å². The van der Waals surface area contributed by atoms with Crippen molar-refractivity contribution >= 4 is 39.3 Å². The molecule has 32 heavy (non-hydrogen) atoms. The Kier molecular flexibility index (Phi) is 5.91. The van der Waals surface area contributed by atoms with Gasteiger partial charge in [0, 0.05) is 17.1 Å². The molecule has 0 aliphatic heterocycles. The summed E-state index contributed by atoms with van der Waals surface area (Å²) in [4.78, 5) is 31.3. The molecule has 164 valence electrons. The fourth-order valence-electron chi connectivity index (χ4n) is 3.21. The molecule has 0 saturated heterocycles. The Morgan fingerprint density at radius 3 is 2.72 bits per heavy atom. The highest BCUT2D eigenvalue weighted by Crippen LogP contribution is 2.22. The van der Waals surface area contributed by atoms with Crippen LogP contribution in [0.4, 0.5) is 10.3 Å². The summed E-state index contributed by atoms with van der Waals surface area (Å²) >= 11 is 3.41. The van der Waals surface area contributed by atoms with Crippen LogP contribution < -0.4 is 21.4 Å². The van der Waals surface area contributed by atoms with Gasteiger partial charge in [-0.25, -0.2) is 14.6 Å². The molecular formula is C21H18BrFN6O3. The molecule has 4 rings (SSSR count). The molecule has 9 nitrogen and oxygen atoms in total. The maximum absolute atomic E-state index is 13.3. The fraction of sp³-hybridized carbons (Fsp3) is 0.143. The molecule has 0 fully saturated rings. The van der Waals surface area contributed by atoms with E-state index in [4.69, 9.17) is 4.74 Å². The molecule has 4 aromatic rings. The van der Waals surface area contributed by atoms with Crippen LogP contribution in [0.1, 0.15) is 11.1 Å². The van der Waals surface area contributed by atoms with Crippen LogP contribution in [-0.2, 0) is 13.6 Å². The number of hydrogen-bond donors (Lipinski definition) is 2. The van der Waals surface area contributed by atoms with E-state index in [1.54, 1.807) is 36.1 Å². The van der Waals surface area contributed by atoms with E-state index in [1.807, 2.05) is 12.1 Å². The smallest absolute Gasteiger partial charge is 0.329 e. The van der Waals surface area contributed by atoms with Crippen molar-refractivity contribution in [2.75, 3.05) is 12.5 Å². The Labute approximate surface area is 189 Å². The first-order valence-electron chi connectivity index (χ1n) is 9.44. The van der Waals surface area contributed by atoms with Crippen molar-refractivity contribution in [3.05, 3.63) is 84.7 Å². The molecule has 0 amide bonds. The Bertz CT molecular complexity index is 1440. The average Bonchev–Trinajstić information content (AvgIpc) is 3.13. The maximum atomic E-state index is 13.3. The molecule has 0 saturated carbocycles. The topological polar surface area (TPSA) is 106 Å². The number of methoxy groups -OCH3 is 1. The summed E-state index contributed by atoms with van der Waals surface area (Å²) in [5.74, 6) is 0.494. The van der Waals surface area contributed by atoms with Crippen molar-refractivity contribution in [3.63, 3.8) is 0 Å². The van der Waals surface area contributed by atoms with Gasteiger partial charge in [-0.2, -0.15) is 10.1 Å². The number of anilines is 1. The molecular weight excluding hydrogens is 483 g/mol. The third-order valence-corrected chi connectivity index (χ3v) is 5.31. The molecule has 2 N–H and O–H groups in total. The SMILES string of the molecule is COc1ccc(Br)cc1/C=N/Nc1nc2c(c(=O)[nH]c(=O)n2C)n1Cc1ccc(F)cc1. The van der Waals surface area contributed by atoms with Crippen molar-refractivity contribution in [1.29, 1.82) is 0 Å². The average molecular weight is 501 g/mol. The molecule has 0 aliphatic rings. The number of imidazole rings is 1. The molecule has 0 atom stereocenters. The Hall–Kier alpha value is -3.73. The molecule has 0 spiro atoms. The van der Waals surface area contributed by atoms with E-state index >= 15 is 0 Å². The van der Waals surface area contributed by atoms with Crippen LogP contribution >= 0.6 is 15.9 Å². The summed E-state index contributed by atoms with van der Waals surface area (Å²) in [6.07, 6.45) is 1.55. The minimum absolute atomic E-state index is 0.189. The lowest BCUT2D eigenvalue weighted by Gasteiger charge is -2.09. The van der Waals surface area contributed by atoms with Crippen LogP contribution in [0.3, 0.4) is 0 Å². The number of ether oxygens (including phenoxy) is 1. The van der Waals surface area contributed by atoms with Crippen LogP contribution in [0, 0.1) is 5.82 Å². The van der Waals surface area contributed by atoms with Crippen LogP contribution in [-0.4, -0.2) is 32.4 Å². The number of benzene rings is 2. The standard InChI is InChI=1S/C21H18BrFN6O3/c1-28-18-17(19(30)26-21(28)31)29(11-12-3-6-15(23)7-4-12)20(25-18)27-24-10-13-9-14(22)5-8-16(13)32-2/h3-10H,11H2,1-2H3,(H,25,27)(H,26,30,31)/b24-10+. The third-order valence-electron chi connectivity index (χ3n) is 4.82. The summed E-state index contributed by atoms with van der Waals surface area (Å²) in [7, 11) is 3.07. The molecule has 0 aliphatic carbocycles. The van der Waals surface area contributed by atoms with E-state index in [0.717, 1.165) is 10.0 Å². The normalized spacial score (nSPS) is 11.4. The predicted molar refractivity (Wildman–Crippen MR) is 123 cm³/mol. The third kappa shape index (κ3) is 4.19. The van der Waals surface area contributed by atoms with Gasteiger partial charge in [0.2, 0.25) is 5.95 Å². The van der Waals surface area contributed by atoms with Gasteiger partial charge in [-0.05, 0) is 35.9 Å². The molecule has 0 radical (unpaired) electrons. The Morgan fingerprint density at radius 2 is 2.00 bits per heavy atom. The lowest BCUT2D eigenvalue weighted by atomic mass is 10.2. The number of rotatable bonds is 6. The van der Waals surface area contributed by atoms with Crippen molar-refractivity contribution < 1.29 is 9.13 Å². The Balaban J connectivity index is 1.78. The number of nitrogens with one attached hydrogen (secondary N) is 2. The second kappa shape index (κ2) is 8.79. The van der Waals surface area contributed by atoms with E-state index in [9.17, 15) is 14.0 Å². The van der Waals surface area contributed by atoms with Gasteiger partial charge in [0.25, 0.3) is 5.56 Å². The summed E-state index contributed by atoms with van der Waals surface area (Å²) in [5.41, 5.74) is 3.50. The summed E-state index contributed by atoms with van der Waals surface area (Å²) in [6, 6.07) is 11.4. The first-order chi connectivity index (χ1) is 15.4. The number of halogens is 2. The summed E-state index contributed by atoms with van der Waals surface area (Å²) in [6.45, 7) is 0.204. The number of fused-ring (bicyclic) bond motifs is 1. The van der Waals surface area contributed by atoms with Gasteiger partial charge in [0.1, 0.15) is 11.6 Å². The van der Waals surface area contributed by atoms with Gasteiger partial charge >= 0.3 is 5.69 Å². The zero-order valence-electron chi connectivity index (χ0n) is 17.1. The monoisotopic (exact) mass is 500 g/mol. The summed E-state index contributed by atoms with van der Waals surface area (Å²) < 4.78 is 22.3. The second-order valence-electron chi connectivity index (χ2n) is 6.89. The zero-order chi connectivity index (χ0) is 22.8. The number of nitrogens with zero attached hydrogens (tertiary/aromatic N) is 4. The van der Waals surface area contributed by atoms with Crippen LogP contribution in [0.15, 0.2) is 61.6 Å². The molecule has 11 heteroatoms. The molecule has 2 aromatic heterocycles. The number of aromatic nitrogens is 4. The fourth-order valence-corrected chi connectivity index (χ4v) is 3.59. The molecule has 0 unspecified atom stereocenters. The highest BCUT2D eigenvalue weighted by atomic mass is 79.9. The van der Waals surface area contributed by atoms with E-state index < -0.39 is 11.2 Å². The molecule has 2 aromatic carbocycles. The zero-order valence-corrected chi connectivity index (χ0v) is 18.7. The van der Waals surface area contributed by atoms with Crippen molar-refractivity contribution in [2.24, 2.45) is 12.1 Å². The lowest BCUT2D eigenvalue weighted by molar-refractivity contribution is 0.414. The van der Waals surface area contributed by atoms with Crippen molar-refractivity contribution in [3.8, 4) is 5.75 Å². The first-order valence-corrected chi connectivity index (χ1v) is 10.2. The molecule has 2 heterocycles. The van der Waals surface area contributed by atoms with Gasteiger partial charge in [0.05, 0.1) is 19.9 Å². The van der Waals surface area contributed by atoms with Crippen molar-refractivity contribution in [1.82, 2.24) is 19.1 Å². The van der Waals surface area contributed by atoms with Gasteiger partial charge in [-0.15, -0.1) is 0 Å². The largest absolute Gasteiger partial charge is 0.496 e. The lowest BCUT2D eigenvalue weighted by Crippen LogP contribution is -2.29. The first kappa shape index (κ1) is 21.5. The Morgan fingerprint density at radius 1 is 1.25 bits per heavy atom. The minimum Gasteiger partial charge on any atom is -0.496 e. The van der Waals surface area contributed by atoms with Crippen LogP contribution in [0.5, 0.6) is 5.75 Å². The predicted octanol–water partition coefficient (Wildman–Crippen LogP) is 2.83. The number of aryl methyl sites for hydroxylation is 1. The second-order valence-corrected chi connectivity index (χ2v) is 7.81. The highest BCUT2D eigenvalue weighted by Gasteiger charge is 2.17. The van der Waals surface area contributed by atoms with Gasteiger partial charge in [-0.3, -0.25) is 18.9 Å². The number of hydrogen-bond acceptors (Lipinski definition) is 6. The number of hydrazone groups is 1. The minimum atomic E-state index is -0.581. The number of H-pyrrole nitrogens is 1.